The molecule has 2 rings (SSSR count). The average Bonchev–Trinajstić information content (AvgIpc) is 2.38. The third-order valence-electron chi connectivity index (χ3n) is 3.53. The first-order valence-electron chi connectivity index (χ1n) is 6.43. The zero-order chi connectivity index (χ0) is 14.7. The SMILES string of the molecule is O=C(O)CC1CCN(C(=O)c2ccc(F)cc2Cl)CC1. The molecule has 0 saturated carbocycles. The third-order valence-corrected chi connectivity index (χ3v) is 3.84. The van der Waals surface area contributed by atoms with E-state index in [1.807, 2.05) is 0 Å². The second-order valence-corrected chi connectivity index (χ2v) is 5.36. The van der Waals surface area contributed by atoms with Crippen molar-refractivity contribution in [2.45, 2.75) is 19.3 Å². The van der Waals surface area contributed by atoms with Crippen LogP contribution < -0.4 is 0 Å². The van der Waals surface area contributed by atoms with Crippen molar-refractivity contribution in [3.8, 4) is 0 Å². The molecular formula is C14H15ClFNO3. The van der Waals surface area contributed by atoms with Gasteiger partial charge in [-0.2, -0.15) is 0 Å². The van der Waals surface area contributed by atoms with Crippen LogP contribution >= 0.6 is 11.6 Å². The topological polar surface area (TPSA) is 57.6 Å². The van der Waals surface area contributed by atoms with Gasteiger partial charge in [-0.1, -0.05) is 11.6 Å². The van der Waals surface area contributed by atoms with Crippen molar-refractivity contribution in [2.24, 2.45) is 5.92 Å². The summed E-state index contributed by atoms with van der Waals surface area (Å²) in [6.45, 7) is 1.01. The molecular weight excluding hydrogens is 285 g/mol. The lowest BCUT2D eigenvalue weighted by atomic mass is 9.93. The molecule has 0 aromatic heterocycles. The van der Waals surface area contributed by atoms with Gasteiger partial charge in [0.05, 0.1) is 10.6 Å². The molecule has 1 fully saturated rings. The highest BCUT2D eigenvalue weighted by Gasteiger charge is 2.26. The first kappa shape index (κ1) is 14.8. The van der Waals surface area contributed by atoms with Gasteiger partial charge in [0, 0.05) is 19.5 Å². The first-order valence-corrected chi connectivity index (χ1v) is 6.81. The summed E-state index contributed by atoms with van der Waals surface area (Å²) in [5.41, 5.74) is 0.282. The second kappa shape index (κ2) is 6.22. The highest BCUT2D eigenvalue weighted by molar-refractivity contribution is 6.33. The molecule has 1 aromatic rings. The van der Waals surface area contributed by atoms with Gasteiger partial charge in [-0.15, -0.1) is 0 Å². The number of piperidine rings is 1. The highest BCUT2D eigenvalue weighted by Crippen LogP contribution is 2.24. The number of nitrogens with zero attached hydrogens (tertiary/aromatic N) is 1. The van der Waals surface area contributed by atoms with E-state index in [1.54, 1.807) is 4.90 Å². The number of aliphatic carboxylic acids is 1. The van der Waals surface area contributed by atoms with Crippen molar-refractivity contribution in [3.63, 3.8) is 0 Å². The van der Waals surface area contributed by atoms with E-state index in [2.05, 4.69) is 0 Å². The van der Waals surface area contributed by atoms with Gasteiger partial charge < -0.3 is 10.0 Å². The van der Waals surface area contributed by atoms with E-state index >= 15 is 0 Å². The van der Waals surface area contributed by atoms with Gasteiger partial charge in [-0.05, 0) is 37.0 Å². The summed E-state index contributed by atoms with van der Waals surface area (Å²) in [4.78, 5) is 24.5. The molecule has 0 atom stereocenters. The monoisotopic (exact) mass is 299 g/mol. The molecule has 0 aliphatic carbocycles. The molecule has 1 amide bonds. The number of halogens is 2. The van der Waals surface area contributed by atoms with Crippen molar-refractivity contribution >= 4 is 23.5 Å². The van der Waals surface area contributed by atoms with Crippen LogP contribution in [0.4, 0.5) is 4.39 Å². The Balaban J connectivity index is 1.99. The van der Waals surface area contributed by atoms with Crippen molar-refractivity contribution in [1.29, 1.82) is 0 Å². The molecule has 1 heterocycles. The molecule has 108 valence electrons. The number of hydrogen-bond donors (Lipinski definition) is 1. The summed E-state index contributed by atoms with van der Waals surface area (Å²) >= 11 is 5.88. The Bertz CT molecular complexity index is 527. The van der Waals surface area contributed by atoms with Crippen LogP contribution in [0.25, 0.3) is 0 Å². The van der Waals surface area contributed by atoms with Crippen molar-refractivity contribution in [1.82, 2.24) is 4.90 Å². The maximum atomic E-state index is 13.0. The Morgan fingerprint density at radius 3 is 2.55 bits per heavy atom. The van der Waals surface area contributed by atoms with Crippen LogP contribution in [0, 0.1) is 11.7 Å². The fourth-order valence-electron chi connectivity index (χ4n) is 2.42. The number of carbonyl (C=O) groups is 2. The molecule has 1 aromatic carbocycles. The number of rotatable bonds is 3. The van der Waals surface area contributed by atoms with E-state index in [0.29, 0.717) is 25.9 Å². The number of benzene rings is 1. The van der Waals surface area contributed by atoms with Gasteiger partial charge in [0.1, 0.15) is 5.82 Å². The van der Waals surface area contributed by atoms with E-state index in [-0.39, 0.29) is 28.8 Å². The molecule has 0 unspecified atom stereocenters. The zero-order valence-corrected chi connectivity index (χ0v) is 11.6. The minimum Gasteiger partial charge on any atom is -0.481 e. The normalized spacial score (nSPS) is 16.2. The largest absolute Gasteiger partial charge is 0.481 e. The van der Waals surface area contributed by atoms with Crippen LogP contribution in [0.15, 0.2) is 18.2 Å². The predicted octanol–water partition coefficient (Wildman–Crippen LogP) is 2.81. The summed E-state index contributed by atoms with van der Waals surface area (Å²) in [5, 5.41) is 8.85. The van der Waals surface area contributed by atoms with Gasteiger partial charge in [-0.3, -0.25) is 9.59 Å². The van der Waals surface area contributed by atoms with Gasteiger partial charge in [0.25, 0.3) is 5.91 Å². The van der Waals surface area contributed by atoms with Crippen LogP contribution in [0.5, 0.6) is 0 Å². The van der Waals surface area contributed by atoms with E-state index in [9.17, 15) is 14.0 Å². The summed E-state index contributed by atoms with van der Waals surface area (Å²) in [6, 6.07) is 3.70. The lowest BCUT2D eigenvalue weighted by molar-refractivity contribution is -0.138. The Labute approximate surface area is 121 Å². The van der Waals surface area contributed by atoms with Gasteiger partial charge in [0.2, 0.25) is 0 Å². The van der Waals surface area contributed by atoms with Gasteiger partial charge in [-0.25, -0.2) is 4.39 Å². The average molecular weight is 300 g/mol. The second-order valence-electron chi connectivity index (χ2n) is 4.96. The fraction of sp³-hybridized carbons (Fsp3) is 0.429. The molecule has 1 saturated heterocycles. The quantitative estimate of drug-likeness (QED) is 0.933. The maximum absolute atomic E-state index is 13.0. The van der Waals surface area contributed by atoms with Crippen LogP contribution in [-0.2, 0) is 4.79 Å². The van der Waals surface area contributed by atoms with Crippen LogP contribution in [0.3, 0.4) is 0 Å². The van der Waals surface area contributed by atoms with Crippen molar-refractivity contribution in [3.05, 3.63) is 34.6 Å². The van der Waals surface area contributed by atoms with E-state index in [1.165, 1.54) is 12.1 Å². The molecule has 20 heavy (non-hydrogen) atoms. The van der Waals surface area contributed by atoms with Gasteiger partial charge in [0.15, 0.2) is 0 Å². The maximum Gasteiger partial charge on any atom is 0.303 e. The summed E-state index contributed by atoms with van der Waals surface area (Å²) in [5.74, 6) is -1.41. The summed E-state index contributed by atoms with van der Waals surface area (Å²) in [7, 11) is 0. The summed E-state index contributed by atoms with van der Waals surface area (Å²) in [6.07, 6.45) is 1.47. The van der Waals surface area contributed by atoms with Crippen LogP contribution in [-0.4, -0.2) is 35.0 Å². The Kier molecular flexibility index (Phi) is 4.60. The number of amides is 1. The molecule has 0 spiro atoms. The van der Waals surface area contributed by atoms with Gasteiger partial charge >= 0.3 is 5.97 Å². The smallest absolute Gasteiger partial charge is 0.303 e. The van der Waals surface area contributed by atoms with Crippen molar-refractivity contribution in [2.75, 3.05) is 13.1 Å². The summed E-state index contributed by atoms with van der Waals surface area (Å²) < 4.78 is 13.0. The molecule has 1 N–H and O–H groups in total. The first-order chi connectivity index (χ1) is 9.47. The van der Waals surface area contributed by atoms with Crippen LogP contribution in [0.2, 0.25) is 5.02 Å². The number of carbonyl (C=O) groups excluding carboxylic acids is 1. The minimum atomic E-state index is -0.809. The van der Waals surface area contributed by atoms with E-state index in [4.69, 9.17) is 16.7 Å². The fourth-order valence-corrected chi connectivity index (χ4v) is 2.67. The molecule has 4 nitrogen and oxygen atoms in total. The molecule has 1 aliphatic rings. The lowest BCUT2D eigenvalue weighted by Gasteiger charge is -2.31. The predicted molar refractivity (Wildman–Crippen MR) is 72.3 cm³/mol. The molecule has 1 aliphatic heterocycles. The molecule has 6 heteroatoms. The molecule has 0 radical (unpaired) electrons. The Morgan fingerprint density at radius 1 is 1.35 bits per heavy atom. The number of carboxylic acid groups (broad SMARTS) is 1. The standard InChI is InChI=1S/C14H15ClFNO3/c15-12-8-10(16)1-2-11(12)14(20)17-5-3-9(4-6-17)7-13(18)19/h1-2,8-9H,3-7H2,(H,18,19). The van der Waals surface area contributed by atoms with Crippen LogP contribution in [0.1, 0.15) is 29.6 Å². The Morgan fingerprint density at radius 2 is 2.00 bits per heavy atom. The van der Waals surface area contributed by atoms with E-state index < -0.39 is 11.8 Å². The third kappa shape index (κ3) is 3.48. The van der Waals surface area contributed by atoms with E-state index in [0.717, 1.165) is 6.07 Å². The zero-order valence-electron chi connectivity index (χ0n) is 10.8. The highest BCUT2D eigenvalue weighted by atomic mass is 35.5. The minimum absolute atomic E-state index is 0.0997. The Hall–Kier alpha value is -1.62. The van der Waals surface area contributed by atoms with Crippen molar-refractivity contribution < 1.29 is 19.1 Å². The number of carboxylic acids is 1. The number of likely N-dealkylation sites (tertiary alicyclic amines) is 1. The molecule has 0 bridgehead atoms. The number of hydrogen-bond acceptors (Lipinski definition) is 2. The lowest BCUT2D eigenvalue weighted by Crippen LogP contribution is -2.39.